The van der Waals surface area contributed by atoms with Gasteiger partial charge in [-0.2, -0.15) is 0 Å². The van der Waals surface area contributed by atoms with E-state index in [1.807, 2.05) is 36.1 Å². The number of aliphatic hydroxyl groups excluding tert-OH is 1. The number of aromatic nitrogens is 1. The minimum absolute atomic E-state index is 0.0291. The van der Waals surface area contributed by atoms with Crippen molar-refractivity contribution in [3.63, 3.8) is 0 Å². The van der Waals surface area contributed by atoms with Crippen LogP contribution in [0.4, 0.5) is 10.7 Å². The minimum atomic E-state index is 0.0291. The number of aryl methyl sites for hydroxylation is 1. The number of benzene rings is 1. The maximum Gasteiger partial charge on any atom is 0.207 e. The van der Waals surface area contributed by atoms with E-state index >= 15 is 0 Å². The number of nitrogens with two attached hydrogens (primary N) is 1. The molecule has 2 heterocycles. The number of nitrogens with one attached hydrogen (secondary N) is 2. The first-order valence-electron chi connectivity index (χ1n) is 10.9. The first-order chi connectivity index (χ1) is 15.5. The Morgan fingerprint density at radius 3 is 2.88 bits per heavy atom. The lowest BCUT2D eigenvalue weighted by atomic mass is 10.0. The summed E-state index contributed by atoms with van der Waals surface area (Å²) >= 11 is 1.43. The molecule has 0 saturated heterocycles. The van der Waals surface area contributed by atoms with Crippen molar-refractivity contribution in [2.75, 3.05) is 31.1 Å². The van der Waals surface area contributed by atoms with Crippen molar-refractivity contribution >= 4 is 41.0 Å². The van der Waals surface area contributed by atoms with Crippen LogP contribution in [0.5, 0.6) is 0 Å². The molecule has 5 N–H and O–H groups in total. The standard InChI is InChI=1S/C15H16N4OS.C8H18N2O/c1-9-18-13(15(17-2)21-9)14(16)19-7-10(8-20)11-5-3-4-6-12(11)19;1-2-3-8(4-5-9)6-10-7-11/h3-6,10,16,20H,2,7-8H2,1H3;7-8H,2-6,9H2,1H3,(H,10,11). The molecule has 0 bridgehead atoms. The highest BCUT2D eigenvalue weighted by Crippen LogP contribution is 2.38. The molecular weight excluding hydrogens is 424 g/mol. The molecule has 1 aliphatic rings. The van der Waals surface area contributed by atoms with E-state index in [9.17, 15) is 9.90 Å². The maximum absolute atomic E-state index is 9.98. The Labute approximate surface area is 194 Å². The molecule has 1 amide bonds. The van der Waals surface area contributed by atoms with Crippen LogP contribution in [0.25, 0.3) is 0 Å². The first-order valence-corrected chi connectivity index (χ1v) is 11.7. The van der Waals surface area contributed by atoms with Crippen LogP contribution < -0.4 is 16.0 Å². The lowest BCUT2D eigenvalue weighted by Crippen LogP contribution is -2.30. The highest BCUT2D eigenvalue weighted by atomic mass is 32.1. The zero-order valence-corrected chi connectivity index (χ0v) is 19.7. The van der Waals surface area contributed by atoms with Gasteiger partial charge in [-0.25, -0.2) is 4.98 Å². The summed E-state index contributed by atoms with van der Waals surface area (Å²) in [5, 5.41) is 22.2. The summed E-state index contributed by atoms with van der Waals surface area (Å²) < 4.78 is 0. The van der Waals surface area contributed by atoms with Crippen LogP contribution in [-0.2, 0) is 4.79 Å². The molecule has 0 spiro atoms. The molecule has 8 nitrogen and oxygen atoms in total. The van der Waals surface area contributed by atoms with E-state index in [4.69, 9.17) is 11.1 Å². The normalized spacial score (nSPS) is 15.4. The van der Waals surface area contributed by atoms with E-state index in [2.05, 4.69) is 28.9 Å². The number of thiazole rings is 1. The van der Waals surface area contributed by atoms with Gasteiger partial charge in [0.1, 0.15) is 10.7 Å². The summed E-state index contributed by atoms with van der Waals surface area (Å²) in [5.41, 5.74) is 8.01. The smallest absolute Gasteiger partial charge is 0.207 e. The van der Waals surface area contributed by atoms with Gasteiger partial charge in [0.25, 0.3) is 0 Å². The third kappa shape index (κ3) is 6.44. The summed E-state index contributed by atoms with van der Waals surface area (Å²) in [5.74, 6) is 0.904. The Balaban J connectivity index is 0.000000282. The van der Waals surface area contributed by atoms with Crippen molar-refractivity contribution in [3.05, 3.63) is 40.5 Å². The quantitative estimate of drug-likeness (QED) is 0.247. The van der Waals surface area contributed by atoms with E-state index in [0.717, 1.165) is 48.5 Å². The number of fused-ring (bicyclic) bond motifs is 1. The molecule has 32 heavy (non-hydrogen) atoms. The van der Waals surface area contributed by atoms with E-state index < -0.39 is 0 Å². The number of amides is 1. The van der Waals surface area contributed by atoms with Crippen molar-refractivity contribution in [3.8, 4) is 0 Å². The Hall–Kier alpha value is -2.62. The van der Waals surface area contributed by atoms with Crippen molar-refractivity contribution in [1.29, 1.82) is 5.41 Å². The molecule has 0 saturated carbocycles. The van der Waals surface area contributed by atoms with Gasteiger partial charge >= 0.3 is 0 Å². The predicted octanol–water partition coefficient (Wildman–Crippen LogP) is 3.20. The lowest BCUT2D eigenvalue weighted by Gasteiger charge is -2.19. The zero-order valence-electron chi connectivity index (χ0n) is 18.9. The molecule has 1 aliphatic heterocycles. The number of anilines is 1. The molecule has 2 aromatic rings. The van der Waals surface area contributed by atoms with Crippen LogP contribution in [0, 0.1) is 18.3 Å². The molecule has 0 radical (unpaired) electrons. The molecule has 3 rings (SSSR count). The van der Waals surface area contributed by atoms with Crippen molar-refractivity contribution < 1.29 is 9.90 Å². The minimum Gasteiger partial charge on any atom is -0.396 e. The Bertz CT molecular complexity index is 894. The van der Waals surface area contributed by atoms with Crippen LogP contribution in [0.2, 0.25) is 0 Å². The molecule has 1 aromatic carbocycles. The van der Waals surface area contributed by atoms with E-state index in [0.29, 0.717) is 35.5 Å². The van der Waals surface area contributed by atoms with Crippen LogP contribution in [0.3, 0.4) is 0 Å². The number of hydrogen-bond acceptors (Lipinski definition) is 7. The van der Waals surface area contributed by atoms with Crippen LogP contribution in [-0.4, -0.2) is 55.3 Å². The average Bonchev–Trinajstić information content (AvgIpc) is 3.38. The van der Waals surface area contributed by atoms with Crippen molar-refractivity contribution in [1.82, 2.24) is 10.3 Å². The van der Waals surface area contributed by atoms with E-state index in [1.54, 1.807) is 0 Å². The number of hydrogen-bond donors (Lipinski definition) is 4. The Morgan fingerprint density at radius 2 is 2.25 bits per heavy atom. The molecule has 0 aliphatic carbocycles. The number of amidine groups is 1. The Morgan fingerprint density at radius 1 is 1.50 bits per heavy atom. The molecule has 9 heteroatoms. The SMILES string of the molecule is C=Nc1sc(C)nc1C(=N)N1CC(CO)c2ccccc21.CCCC(CCN)CNC=O. The number of para-hydroxylation sites is 1. The van der Waals surface area contributed by atoms with Gasteiger partial charge in [0, 0.05) is 24.7 Å². The number of carbonyl (C=O) groups excluding carboxylic acids is 1. The van der Waals surface area contributed by atoms with Gasteiger partial charge in [0.15, 0.2) is 5.84 Å². The van der Waals surface area contributed by atoms with Gasteiger partial charge in [0.2, 0.25) is 6.41 Å². The number of aliphatic hydroxyl groups is 1. The van der Waals surface area contributed by atoms with Crippen molar-refractivity contribution in [2.24, 2.45) is 16.6 Å². The van der Waals surface area contributed by atoms with Crippen LogP contribution in [0.1, 0.15) is 48.4 Å². The third-order valence-electron chi connectivity index (χ3n) is 5.41. The molecule has 2 atom stereocenters. The van der Waals surface area contributed by atoms with Gasteiger partial charge in [-0.05, 0) is 50.6 Å². The number of rotatable bonds is 10. The average molecular weight is 459 g/mol. The summed E-state index contributed by atoms with van der Waals surface area (Å²) in [7, 11) is 0. The van der Waals surface area contributed by atoms with Gasteiger partial charge < -0.3 is 21.1 Å². The highest BCUT2D eigenvalue weighted by Gasteiger charge is 2.32. The summed E-state index contributed by atoms with van der Waals surface area (Å²) in [6, 6.07) is 7.87. The van der Waals surface area contributed by atoms with Crippen LogP contribution >= 0.6 is 11.3 Å². The van der Waals surface area contributed by atoms with E-state index in [-0.39, 0.29) is 12.5 Å². The number of nitrogens with zero attached hydrogens (tertiary/aromatic N) is 3. The molecule has 1 aromatic heterocycles. The lowest BCUT2D eigenvalue weighted by molar-refractivity contribution is -0.109. The topological polar surface area (TPSA) is 128 Å². The summed E-state index contributed by atoms with van der Waals surface area (Å²) in [4.78, 5) is 20.2. The Kier molecular flexibility index (Phi) is 10.5. The first kappa shape index (κ1) is 25.6. The molecule has 0 fully saturated rings. The fraction of sp³-hybridized carbons (Fsp3) is 0.478. The van der Waals surface area contributed by atoms with Gasteiger partial charge in [0.05, 0.1) is 11.6 Å². The summed E-state index contributed by atoms with van der Waals surface area (Å²) in [6.07, 6.45) is 4.07. The van der Waals surface area contributed by atoms with Gasteiger partial charge in [-0.15, -0.1) is 0 Å². The summed E-state index contributed by atoms with van der Waals surface area (Å²) in [6.45, 7) is 9.74. The predicted molar refractivity (Wildman–Crippen MR) is 133 cm³/mol. The molecule has 174 valence electrons. The van der Waals surface area contributed by atoms with Crippen LogP contribution in [0.15, 0.2) is 29.3 Å². The second-order valence-corrected chi connectivity index (χ2v) is 8.88. The van der Waals surface area contributed by atoms with Gasteiger partial charge in [-0.1, -0.05) is 42.9 Å². The highest BCUT2D eigenvalue weighted by molar-refractivity contribution is 7.15. The maximum atomic E-state index is 9.98. The second kappa shape index (κ2) is 13.0. The number of carbonyl (C=O) groups is 1. The van der Waals surface area contributed by atoms with Gasteiger partial charge in [-0.3, -0.25) is 15.2 Å². The fourth-order valence-electron chi connectivity index (χ4n) is 3.88. The second-order valence-electron chi connectivity index (χ2n) is 7.70. The van der Waals surface area contributed by atoms with Crippen molar-refractivity contribution in [2.45, 2.75) is 39.0 Å². The largest absolute Gasteiger partial charge is 0.396 e. The van der Waals surface area contributed by atoms with E-state index in [1.165, 1.54) is 11.3 Å². The number of aliphatic imine (C=N–C) groups is 1. The monoisotopic (exact) mass is 458 g/mol. The fourth-order valence-corrected chi connectivity index (χ4v) is 4.60. The third-order valence-corrected chi connectivity index (χ3v) is 6.31. The molecule has 2 unspecified atom stereocenters. The zero-order chi connectivity index (χ0) is 23.5. The molecular formula is C23H34N6O2S.